The van der Waals surface area contributed by atoms with Gasteiger partial charge in [0.1, 0.15) is 6.17 Å². The number of hydrogen-bond donors (Lipinski definition) is 0. The molecule has 26 heavy (non-hydrogen) atoms. The zero-order valence-corrected chi connectivity index (χ0v) is 15.5. The third-order valence-electron chi connectivity index (χ3n) is 5.81. The summed E-state index contributed by atoms with van der Waals surface area (Å²) in [6, 6.07) is 10.7. The zero-order valence-electron chi connectivity index (χ0n) is 15.5. The summed E-state index contributed by atoms with van der Waals surface area (Å²) < 4.78 is 13.5. The first kappa shape index (κ1) is 17.3. The second-order valence-corrected chi connectivity index (χ2v) is 7.70. The summed E-state index contributed by atoms with van der Waals surface area (Å²) in [6.45, 7) is 6.78. The van der Waals surface area contributed by atoms with Crippen molar-refractivity contribution in [1.29, 1.82) is 0 Å². The Morgan fingerprint density at radius 3 is 2.92 bits per heavy atom. The van der Waals surface area contributed by atoms with Crippen molar-refractivity contribution in [2.75, 3.05) is 19.6 Å². The van der Waals surface area contributed by atoms with Gasteiger partial charge in [0.2, 0.25) is 0 Å². The van der Waals surface area contributed by atoms with E-state index in [0.717, 1.165) is 25.2 Å². The second kappa shape index (κ2) is 7.28. The van der Waals surface area contributed by atoms with Crippen molar-refractivity contribution in [1.82, 2.24) is 15.1 Å². The number of fused-ring (bicyclic) bond motifs is 1. The number of rotatable bonds is 5. The Balaban J connectivity index is 1.59. The van der Waals surface area contributed by atoms with E-state index in [2.05, 4.69) is 59.3 Å². The molecule has 2 heterocycles. The third kappa shape index (κ3) is 3.43. The summed E-state index contributed by atoms with van der Waals surface area (Å²) in [7, 11) is 0. The van der Waals surface area contributed by atoms with E-state index in [-0.39, 0.29) is 5.92 Å². The predicted molar refractivity (Wildman–Crippen MR) is 103 cm³/mol. The lowest BCUT2D eigenvalue weighted by atomic mass is 9.81. The number of likely N-dealkylation sites (tertiary alicyclic amines) is 1. The van der Waals surface area contributed by atoms with Crippen molar-refractivity contribution < 1.29 is 4.39 Å². The molecule has 1 aromatic heterocycles. The molecule has 2 aromatic rings. The van der Waals surface area contributed by atoms with Gasteiger partial charge < -0.3 is 4.90 Å². The van der Waals surface area contributed by atoms with Gasteiger partial charge in [-0.15, -0.1) is 0 Å². The lowest BCUT2D eigenvalue weighted by Crippen LogP contribution is -2.23. The van der Waals surface area contributed by atoms with Gasteiger partial charge in [-0.3, -0.25) is 0 Å². The van der Waals surface area contributed by atoms with Crippen molar-refractivity contribution in [3.05, 3.63) is 64.5 Å². The van der Waals surface area contributed by atoms with Crippen molar-refractivity contribution in [2.45, 2.75) is 44.7 Å². The normalized spacial score (nSPS) is 23.7. The summed E-state index contributed by atoms with van der Waals surface area (Å²) >= 11 is 0. The van der Waals surface area contributed by atoms with Gasteiger partial charge in [0.25, 0.3) is 0 Å². The number of aromatic nitrogens is 2. The highest BCUT2D eigenvalue weighted by molar-refractivity contribution is 5.68. The molecular weight excluding hydrogens is 325 g/mol. The topological polar surface area (TPSA) is 29.0 Å². The van der Waals surface area contributed by atoms with Crippen LogP contribution in [0.25, 0.3) is 6.08 Å². The Morgan fingerprint density at radius 1 is 1.31 bits per heavy atom. The van der Waals surface area contributed by atoms with E-state index in [1.165, 1.54) is 22.3 Å². The molecule has 1 fully saturated rings. The molecular formula is C22H26FN3. The molecule has 1 aliphatic carbocycles. The van der Waals surface area contributed by atoms with E-state index >= 15 is 0 Å². The summed E-state index contributed by atoms with van der Waals surface area (Å²) in [5, 5.41) is 8.43. The Morgan fingerprint density at radius 2 is 2.19 bits per heavy atom. The van der Waals surface area contributed by atoms with Crippen molar-refractivity contribution in [3.63, 3.8) is 0 Å². The fraction of sp³-hybridized carbons (Fsp3) is 0.455. The predicted octanol–water partition coefficient (Wildman–Crippen LogP) is 4.50. The van der Waals surface area contributed by atoms with Crippen LogP contribution < -0.4 is 0 Å². The Hall–Kier alpha value is -2.07. The van der Waals surface area contributed by atoms with Crippen molar-refractivity contribution >= 4 is 6.08 Å². The molecule has 136 valence electrons. The Labute approximate surface area is 154 Å². The van der Waals surface area contributed by atoms with E-state index in [1.807, 2.05) is 6.07 Å². The molecule has 0 spiro atoms. The van der Waals surface area contributed by atoms with Gasteiger partial charge in [0.05, 0.1) is 5.69 Å². The fourth-order valence-corrected chi connectivity index (χ4v) is 4.41. The van der Waals surface area contributed by atoms with Crippen LogP contribution in [0.1, 0.15) is 54.0 Å². The van der Waals surface area contributed by atoms with E-state index in [1.54, 1.807) is 6.20 Å². The van der Waals surface area contributed by atoms with E-state index in [9.17, 15) is 4.39 Å². The summed E-state index contributed by atoms with van der Waals surface area (Å²) in [5.41, 5.74) is 6.46. The molecule has 0 N–H and O–H groups in total. The van der Waals surface area contributed by atoms with Crippen molar-refractivity contribution in [3.8, 4) is 0 Å². The molecule has 2 aliphatic rings. The van der Waals surface area contributed by atoms with Crippen LogP contribution in [-0.2, 0) is 0 Å². The van der Waals surface area contributed by atoms with Gasteiger partial charge in [0, 0.05) is 37.7 Å². The molecule has 1 saturated heterocycles. The van der Waals surface area contributed by atoms with Gasteiger partial charge in [-0.25, -0.2) is 4.39 Å². The molecule has 3 atom stereocenters. The second-order valence-electron chi connectivity index (χ2n) is 7.70. The van der Waals surface area contributed by atoms with Crippen LogP contribution in [0.15, 0.2) is 42.1 Å². The number of benzene rings is 1. The molecule has 4 heteroatoms. The molecule has 0 bridgehead atoms. The minimum atomic E-state index is -0.651. The maximum Gasteiger partial charge on any atom is 0.114 e. The molecule has 0 amide bonds. The maximum absolute atomic E-state index is 13.5. The van der Waals surface area contributed by atoms with Crippen LogP contribution in [-0.4, -0.2) is 40.9 Å². The first-order valence-electron chi connectivity index (χ1n) is 9.57. The highest BCUT2D eigenvalue weighted by Gasteiger charge is 2.32. The fourth-order valence-electron chi connectivity index (χ4n) is 4.41. The number of alkyl halides is 1. The van der Waals surface area contributed by atoms with Crippen LogP contribution in [0.5, 0.6) is 0 Å². The third-order valence-corrected chi connectivity index (χ3v) is 5.81. The first-order valence-corrected chi connectivity index (χ1v) is 9.57. The number of nitrogens with zero attached hydrogens (tertiary/aromatic N) is 3. The molecule has 0 radical (unpaired) electrons. The minimum Gasteiger partial charge on any atom is -0.300 e. The molecule has 3 nitrogen and oxygen atoms in total. The van der Waals surface area contributed by atoms with Crippen LogP contribution in [0.4, 0.5) is 4.39 Å². The van der Waals surface area contributed by atoms with Crippen molar-refractivity contribution in [2.24, 2.45) is 0 Å². The smallest absolute Gasteiger partial charge is 0.114 e. The number of halogens is 1. The average Bonchev–Trinajstić information content (AvgIpc) is 3.22. The van der Waals surface area contributed by atoms with Crippen LogP contribution >= 0.6 is 0 Å². The molecule has 3 unspecified atom stereocenters. The highest BCUT2D eigenvalue weighted by atomic mass is 19.1. The molecule has 1 aliphatic heterocycles. The minimum absolute atomic E-state index is 0.270. The van der Waals surface area contributed by atoms with E-state index in [4.69, 9.17) is 0 Å². The standard InChI is InChI=1S/C22H26FN3/c1-15-5-6-20-18(12-15)13-17(7-10-26-11-8-19(23)14-26)22(20)16(2)21-4-3-9-24-25-21/h3-6,9,12-13,16,19,22H,7-8,10-11,14H2,1-2H3. The van der Waals surface area contributed by atoms with Gasteiger partial charge in [-0.2, -0.15) is 10.2 Å². The molecule has 4 rings (SSSR count). The van der Waals surface area contributed by atoms with Crippen LogP contribution in [0.2, 0.25) is 0 Å². The van der Waals surface area contributed by atoms with Gasteiger partial charge in [-0.1, -0.05) is 42.3 Å². The first-order chi connectivity index (χ1) is 12.6. The summed E-state index contributed by atoms with van der Waals surface area (Å²) in [4.78, 5) is 2.25. The maximum atomic E-state index is 13.5. The monoisotopic (exact) mass is 351 g/mol. The number of hydrogen-bond acceptors (Lipinski definition) is 3. The zero-order chi connectivity index (χ0) is 18.1. The van der Waals surface area contributed by atoms with E-state index in [0.29, 0.717) is 18.9 Å². The summed E-state index contributed by atoms with van der Waals surface area (Å²) in [5.74, 6) is 0.595. The van der Waals surface area contributed by atoms with Crippen LogP contribution in [0, 0.1) is 6.92 Å². The summed E-state index contributed by atoms with van der Waals surface area (Å²) in [6.07, 6.45) is 5.08. The Kier molecular flexibility index (Phi) is 4.86. The van der Waals surface area contributed by atoms with Gasteiger partial charge >= 0.3 is 0 Å². The molecule has 1 aromatic carbocycles. The Bertz CT molecular complexity index is 802. The molecule has 0 saturated carbocycles. The van der Waals surface area contributed by atoms with Gasteiger partial charge in [0.15, 0.2) is 0 Å². The van der Waals surface area contributed by atoms with E-state index < -0.39 is 6.17 Å². The lowest BCUT2D eigenvalue weighted by Gasteiger charge is -2.25. The lowest BCUT2D eigenvalue weighted by molar-refractivity contribution is 0.289. The average molecular weight is 351 g/mol. The highest BCUT2D eigenvalue weighted by Crippen LogP contribution is 2.46. The quantitative estimate of drug-likeness (QED) is 0.794. The largest absolute Gasteiger partial charge is 0.300 e. The van der Waals surface area contributed by atoms with Gasteiger partial charge in [-0.05, 0) is 43.0 Å². The SMILES string of the molecule is Cc1ccc2c(c1)C=C(CCN1CCC(F)C1)C2C(C)c1cccnn1. The van der Waals surface area contributed by atoms with Crippen LogP contribution in [0.3, 0.4) is 0 Å². The number of aryl methyl sites for hydroxylation is 1.